The zero-order valence-electron chi connectivity index (χ0n) is 27.3. The number of hydrogen-bond acceptors (Lipinski definition) is 22. The second-order valence-corrected chi connectivity index (χ2v) is 15.3. The van der Waals surface area contributed by atoms with Gasteiger partial charge in [0.15, 0.2) is 0 Å². The number of phosphoric acid groups is 4. The van der Waals surface area contributed by atoms with Gasteiger partial charge in [-0.1, -0.05) is 0 Å². The molecule has 2 aromatic carbocycles. The molecule has 0 aliphatic heterocycles. The molecule has 0 aliphatic carbocycles. The van der Waals surface area contributed by atoms with Crippen LogP contribution in [-0.4, -0.2) is 73.9 Å². The Labute approximate surface area is 298 Å². The lowest BCUT2D eigenvalue weighted by molar-refractivity contribution is -0.221. The summed E-state index contributed by atoms with van der Waals surface area (Å²) in [6.45, 7) is 0. The summed E-state index contributed by atoms with van der Waals surface area (Å²) in [6, 6.07) is 4.56. The Hall–Kier alpha value is -4.14. The third kappa shape index (κ3) is 15.0. The number of phosphoric ester groups is 4. The van der Waals surface area contributed by atoms with Crippen molar-refractivity contribution in [1.82, 2.24) is 0 Å². The number of rotatable bonds is 18. The third-order valence-corrected chi connectivity index (χ3v) is 9.15. The quantitative estimate of drug-likeness (QED) is 0.118. The van der Waals surface area contributed by atoms with Crippen LogP contribution >= 0.6 is 31.3 Å². The normalized spacial score (nSPS) is 16.5. The fourth-order valence-corrected chi connectivity index (χ4v) is 4.93. The number of carbonyl (C=O) groups excluding carboxylic acids is 4. The maximum atomic E-state index is 12.6. The van der Waals surface area contributed by atoms with Gasteiger partial charge in [-0.25, -0.2) is 28.3 Å². The van der Waals surface area contributed by atoms with Crippen molar-refractivity contribution in [3.8, 4) is 0 Å². The van der Waals surface area contributed by atoms with Crippen molar-refractivity contribution < 1.29 is 103 Å². The van der Waals surface area contributed by atoms with Crippen molar-refractivity contribution in [3.05, 3.63) is 58.7 Å². The van der Waals surface area contributed by atoms with Gasteiger partial charge in [0.05, 0.1) is 33.6 Å². The van der Waals surface area contributed by atoms with Crippen LogP contribution in [0.2, 0.25) is 0 Å². The van der Waals surface area contributed by atoms with Crippen LogP contribution in [0.1, 0.15) is 60.7 Å². The van der Waals surface area contributed by atoms with Crippen molar-refractivity contribution in [3.63, 3.8) is 0 Å². The van der Waals surface area contributed by atoms with Crippen LogP contribution < -0.4 is 20.0 Å². The van der Waals surface area contributed by atoms with Crippen LogP contribution in [0.5, 0.6) is 0 Å². The van der Waals surface area contributed by atoms with Crippen LogP contribution in [0, 0.1) is 0 Å². The Morgan fingerprint density at radius 2 is 0.830 bits per heavy atom. The molecule has 2 rings (SSSR count). The molecule has 2 aromatic rings. The molecule has 28 heteroatoms. The average Bonchev–Trinajstić information content (AvgIpc) is 3.07. The smallest absolute Gasteiger partial charge is 0.529 e. The molecular weight excluding hydrogens is 804 g/mol. The van der Waals surface area contributed by atoms with Gasteiger partial charge in [-0.2, -0.15) is 0 Å². The number of aliphatic imine (C=N–C) groups is 2. The summed E-state index contributed by atoms with van der Waals surface area (Å²) in [5, 5.41) is 25.2. The fraction of sp³-hybridized carbons (Fsp3) is 0.280. The van der Waals surface area contributed by atoms with Gasteiger partial charge in [0.25, 0.3) is 0 Å². The van der Waals surface area contributed by atoms with E-state index in [0.29, 0.717) is 26.4 Å². The summed E-state index contributed by atoms with van der Waals surface area (Å²) in [5.41, 5.74) is -3.79. The molecule has 0 aliphatic rings. The first kappa shape index (κ1) is 45.0. The Bertz CT molecular complexity index is 1740. The van der Waals surface area contributed by atoms with Crippen LogP contribution in [0.3, 0.4) is 0 Å². The highest BCUT2D eigenvalue weighted by atomic mass is 31.2. The number of carbonyl (C=O) groups is 4. The van der Waals surface area contributed by atoms with E-state index in [4.69, 9.17) is 0 Å². The Morgan fingerprint density at radius 3 is 1.09 bits per heavy atom. The maximum absolute atomic E-state index is 12.6. The predicted molar refractivity (Wildman–Crippen MR) is 165 cm³/mol. The molecule has 0 spiro atoms. The lowest BCUT2D eigenvalue weighted by atomic mass is 10.1. The molecule has 0 saturated heterocycles. The van der Waals surface area contributed by atoms with Crippen molar-refractivity contribution in [2.75, 3.05) is 28.4 Å². The van der Waals surface area contributed by atoms with E-state index in [2.05, 4.69) is 46.2 Å². The van der Waals surface area contributed by atoms with Crippen molar-refractivity contribution in [2.24, 2.45) is 9.98 Å². The summed E-state index contributed by atoms with van der Waals surface area (Å²) < 4.78 is 79.8. The molecule has 0 saturated carbocycles. The van der Waals surface area contributed by atoms with Gasteiger partial charge in [0, 0.05) is 28.4 Å². The van der Waals surface area contributed by atoms with Gasteiger partial charge in [0.2, 0.25) is 0 Å². The molecule has 0 fully saturated rings. The molecule has 0 heterocycles. The molecule has 2 N–H and O–H groups in total. The second-order valence-electron chi connectivity index (χ2n) is 9.48. The van der Waals surface area contributed by atoms with Crippen LogP contribution in [0.4, 0.5) is 11.4 Å². The first-order chi connectivity index (χ1) is 24.4. The highest BCUT2D eigenvalue weighted by Gasteiger charge is 2.29. The molecule has 0 aromatic heterocycles. The minimum atomic E-state index is -5.17. The van der Waals surface area contributed by atoms with Crippen LogP contribution in [0.15, 0.2) is 46.4 Å². The fourth-order valence-electron chi connectivity index (χ4n) is 3.39. The molecule has 24 nitrogen and oxygen atoms in total. The van der Waals surface area contributed by atoms with Crippen LogP contribution in [0.25, 0.3) is 0 Å². The number of nitrogens with zero attached hydrogens (tertiary/aromatic N) is 2. The summed E-state index contributed by atoms with van der Waals surface area (Å²) in [7, 11) is -17.3. The van der Waals surface area contributed by atoms with E-state index in [0.717, 1.165) is 38.5 Å². The topological polar surface area (TPSA) is 368 Å². The molecule has 0 radical (unpaired) electrons. The van der Waals surface area contributed by atoms with Gasteiger partial charge < -0.3 is 47.1 Å². The van der Waals surface area contributed by atoms with E-state index in [1.165, 1.54) is 0 Å². The van der Waals surface area contributed by atoms with E-state index in [-0.39, 0.29) is 6.42 Å². The van der Waals surface area contributed by atoms with E-state index < -0.39 is 113 Å². The average molecular weight is 830 g/mol. The Morgan fingerprint density at radius 1 is 0.547 bits per heavy atom. The number of benzene rings is 2. The molecule has 4 unspecified atom stereocenters. The lowest BCUT2D eigenvalue weighted by Crippen LogP contribution is -2.20. The largest absolute Gasteiger partial charge is 0.862 e. The zero-order valence-corrected chi connectivity index (χ0v) is 30.9. The van der Waals surface area contributed by atoms with E-state index in [1.807, 2.05) is 0 Å². The standard InChI is InChI=1S/C25H30N2O22P4/c1-42-50(34,35)46-22(30)14-8-15(23(31)47-51(36,37)43-2)11-18(10-14)26-20(28)6-5-7-21(29)27-19-12-16(24(32)48-52(38,39)44-3)9-17(13-19)25(33)49-53(40,41)45-4/h8-13H,5-7H2,1-4H3,(H,26,28)(H,27,29)(H,34,35)(H,36,37)(H,38,39)(H,40,41)/p-4. The monoisotopic (exact) mass is 830 g/mol. The molecule has 0 amide bonds. The van der Waals surface area contributed by atoms with Gasteiger partial charge >= 0.3 is 55.2 Å². The van der Waals surface area contributed by atoms with Gasteiger partial charge in [-0.05, 0) is 67.5 Å². The predicted octanol–water partition coefficient (Wildman–Crippen LogP) is 0.688. The number of hydrogen-bond donors (Lipinski definition) is 2. The summed E-state index contributed by atoms with van der Waals surface area (Å²) in [5.74, 6) is -8.37. The Kier molecular flexibility index (Phi) is 15.9. The van der Waals surface area contributed by atoms with Gasteiger partial charge in [0.1, 0.15) is 0 Å². The highest BCUT2D eigenvalue weighted by molar-refractivity contribution is 7.48. The second kappa shape index (κ2) is 18.8. The van der Waals surface area contributed by atoms with Crippen molar-refractivity contribution in [1.29, 1.82) is 0 Å². The van der Waals surface area contributed by atoms with E-state index in [9.17, 15) is 67.2 Å². The lowest BCUT2D eigenvalue weighted by Gasteiger charge is -2.21. The van der Waals surface area contributed by atoms with Crippen molar-refractivity contribution >= 4 is 78.3 Å². The first-order valence-electron chi connectivity index (χ1n) is 13.7. The van der Waals surface area contributed by atoms with Gasteiger partial charge in [-0.3, -0.25) is 37.9 Å². The minimum Gasteiger partial charge on any atom is -0.862 e. The SMILES string of the molecule is COP(=O)([O-])OC(=O)c1cc(N=C([O-])CCCC([O-])=Nc2cc(C(=O)OP(=O)(O)OC)cc(C(=O)OP(=O)(O)OC)c2)cc(C(=O)OP(=O)([O-])OC)c1. The van der Waals surface area contributed by atoms with Crippen LogP contribution in [-0.2, 0) is 54.5 Å². The molecule has 0 bridgehead atoms. The summed E-state index contributed by atoms with van der Waals surface area (Å²) >= 11 is 0. The van der Waals surface area contributed by atoms with Gasteiger partial charge in [-0.15, -0.1) is 0 Å². The van der Waals surface area contributed by atoms with Crippen molar-refractivity contribution in [2.45, 2.75) is 19.3 Å². The molecule has 4 atom stereocenters. The minimum absolute atomic E-state index is 0.290. The molecule has 53 heavy (non-hydrogen) atoms. The first-order valence-corrected chi connectivity index (χ1v) is 19.6. The molecular formula is C25H26N2O22P4-4. The molecule has 292 valence electrons. The highest BCUT2D eigenvalue weighted by Crippen LogP contribution is 2.45. The Balaban J connectivity index is 2.37. The van der Waals surface area contributed by atoms with E-state index in [1.54, 1.807) is 0 Å². The zero-order chi connectivity index (χ0) is 40.4. The maximum Gasteiger partial charge on any atom is 0.529 e. The van der Waals surface area contributed by atoms with E-state index >= 15 is 0 Å². The third-order valence-electron chi connectivity index (χ3n) is 5.76. The summed E-state index contributed by atoms with van der Waals surface area (Å²) in [6.07, 6.45) is -1.33. The summed E-state index contributed by atoms with van der Waals surface area (Å²) in [4.78, 5) is 99.0.